The van der Waals surface area contributed by atoms with Gasteiger partial charge >= 0.3 is 10.4 Å². The van der Waals surface area contributed by atoms with Crippen molar-refractivity contribution in [3.8, 4) is 0 Å². The second kappa shape index (κ2) is 8.57. The molecular weight excluding hydrogens is 159 g/mol. The van der Waals surface area contributed by atoms with Gasteiger partial charge in [-0.05, 0) is 0 Å². The van der Waals surface area contributed by atoms with Gasteiger partial charge in [-0.3, -0.25) is 4.55 Å². The van der Waals surface area contributed by atoms with Gasteiger partial charge in [0.1, 0.15) is 0 Å². The van der Waals surface area contributed by atoms with Gasteiger partial charge in [0.05, 0.1) is 0 Å². The molecule has 0 saturated heterocycles. The maximum Gasteiger partial charge on any atom is 0.423 e. The van der Waals surface area contributed by atoms with Crippen molar-refractivity contribution in [2.75, 3.05) is 0 Å². The quantitative estimate of drug-likeness (QED) is 0.183. The van der Waals surface area contributed by atoms with Crippen LogP contribution in [0.5, 0.6) is 0 Å². The first-order valence-electron chi connectivity index (χ1n) is 1.37. The summed E-state index contributed by atoms with van der Waals surface area (Å²) >= 11 is 0. The normalized spacial score (nSPS) is 8.22. The molecule has 0 aromatic heterocycles. The molecule has 0 fully saturated rings. The molecule has 9 heavy (non-hydrogen) atoms. The molecular formula is C2H6NaO5S. The van der Waals surface area contributed by atoms with Crippen LogP contribution >= 0.6 is 0 Å². The molecule has 0 unspecified atom stereocenters. The second-order valence-electron chi connectivity index (χ2n) is 0.502. The van der Waals surface area contributed by atoms with Crippen LogP contribution < -0.4 is 0 Å². The maximum absolute atomic E-state index is 9.08. The molecule has 0 aliphatic heterocycles. The second-order valence-corrected chi connectivity index (χ2v) is 1.51. The third-order valence-corrected chi connectivity index (χ3v) is 0.283. The van der Waals surface area contributed by atoms with Crippen molar-refractivity contribution in [3.05, 3.63) is 13.2 Å². The van der Waals surface area contributed by atoms with Crippen LogP contribution in [0, 0.1) is 0 Å². The summed E-state index contributed by atoms with van der Waals surface area (Å²) in [7, 11) is -4.61. The van der Waals surface area contributed by atoms with Crippen LogP contribution in [0.2, 0.25) is 0 Å². The van der Waals surface area contributed by atoms with Gasteiger partial charge in [-0.1, -0.05) is 4.33 Å². The van der Waals surface area contributed by atoms with Gasteiger partial charge in [0, 0.05) is 29.6 Å². The number of hydrogen-bond donors (Lipinski definition) is 2. The van der Waals surface area contributed by atoms with Gasteiger partial charge in [0.2, 0.25) is 0 Å². The summed E-state index contributed by atoms with van der Waals surface area (Å²) < 4.78 is 28.0. The molecule has 0 aromatic carbocycles. The fraction of sp³-hybridized carbons (Fsp3) is 0. The zero-order valence-corrected chi connectivity index (χ0v) is 7.76. The summed E-state index contributed by atoms with van der Waals surface area (Å²) in [6.07, 6.45) is 0. The van der Waals surface area contributed by atoms with E-state index < -0.39 is 10.4 Å². The molecule has 51 valence electrons. The van der Waals surface area contributed by atoms with Gasteiger partial charge in [0.25, 0.3) is 0 Å². The Balaban J connectivity index is -0.000000109. The van der Waals surface area contributed by atoms with Gasteiger partial charge < -0.3 is 0 Å². The minimum Gasteiger partial charge on any atom is -0.262 e. The van der Waals surface area contributed by atoms with Crippen molar-refractivity contribution in [1.82, 2.24) is 0 Å². The average molecular weight is 165 g/mol. The first-order valence-corrected chi connectivity index (χ1v) is 2.73. The van der Waals surface area contributed by atoms with E-state index in [4.69, 9.17) is 18.2 Å². The van der Waals surface area contributed by atoms with Crippen LogP contribution in [0.1, 0.15) is 0 Å². The van der Waals surface area contributed by atoms with E-state index in [0.29, 0.717) is 0 Å². The van der Waals surface area contributed by atoms with Crippen molar-refractivity contribution in [3.63, 3.8) is 0 Å². The summed E-state index contributed by atoms with van der Waals surface area (Å²) in [4.78, 5) is 0. The average Bonchev–Trinajstić information content (AvgIpc) is 1.71. The standard InChI is InChI=1S/C2H4.Na.H2O5S/c1-2;;1-5-6(2,3)4/h1-2H2;;1H,(H,2,3,4). The van der Waals surface area contributed by atoms with E-state index in [9.17, 15) is 0 Å². The van der Waals surface area contributed by atoms with E-state index in [-0.39, 0.29) is 29.6 Å². The van der Waals surface area contributed by atoms with Crippen molar-refractivity contribution < 1.29 is 22.6 Å². The Hall–Kier alpha value is 0.570. The van der Waals surface area contributed by atoms with Crippen LogP contribution in [-0.4, -0.2) is 47.8 Å². The molecule has 5 nitrogen and oxygen atoms in total. The Labute approximate surface area is 75.5 Å². The van der Waals surface area contributed by atoms with E-state index in [1.807, 2.05) is 0 Å². The predicted molar refractivity (Wildman–Crippen MR) is 32.3 cm³/mol. The van der Waals surface area contributed by atoms with Crippen molar-refractivity contribution in [2.45, 2.75) is 0 Å². The van der Waals surface area contributed by atoms with Crippen molar-refractivity contribution in [2.24, 2.45) is 0 Å². The minimum absolute atomic E-state index is 0. The van der Waals surface area contributed by atoms with E-state index in [2.05, 4.69) is 17.5 Å². The van der Waals surface area contributed by atoms with Gasteiger partial charge in [-0.15, -0.1) is 13.2 Å². The summed E-state index contributed by atoms with van der Waals surface area (Å²) in [6, 6.07) is 0. The van der Waals surface area contributed by atoms with Crippen LogP contribution in [0.4, 0.5) is 0 Å². The molecule has 0 atom stereocenters. The molecule has 0 amide bonds. The topological polar surface area (TPSA) is 83.8 Å². The molecule has 0 bridgehead atoms. The Morgan fingerprint density at radius 2 is 1.44 bits per heavy atom. The van der Waals surface area contributed by atoms with Crippen LogP contribution in [0.15, 0.2) is 13.2 Å². The van der Waals surface area contributed by atoms with Crippen LogP contribution in [-0.2, 0) is 14.7 Å². The zero-order chi connectivity index (χ0) is 7.21. The molecule has 0 spiro atoms. The summed E-state index contributed by atoms with van der Waals surface area (Å²) in [6.45, 7) is 6.00. The minimum atomic E-state index is -4.61. The Bertz CT molecular complexity index is 128. The summed E-state index contributed by atoms with van der Waals surface area (Å²) in [5.41, 5.74) is 0. The molecule has 0 rings (SSSR count). The van der Waals surface area contributed by atoms with E-state index in [0.717, 1.165) is 0 Å². The molecule has 0 heterocycles. The SMILES string of the molecule is C=C.O=S(=O)(O)OO.[Na]. The third kappa shape index (κ3) is 29.0. The van der Waals surface area contributed by atoms with Crippen molar-refractivity contribution >= 4 is 40.0 Å². The number of rotatable bonds is 1. The van der Waals surface area contributed by atoms with Gasteiger partial charge in [-0.25, -0.2) is 5.26 Å². The molecule has 0 aliphatic rings. The Morgan fingerprint density at radius 1 is 1.33 bits per heavy atom. The summed E-state index contributed by atoms with van der Waals surface area (Å²) in [5.74, 6) is 0. The van der Waals surface area contributed by atoms with Crippen LogP contribution in [0.3, 0.4) is 0 Å². The van der Waals surface area contributed by atoms with Crippen molar-refractivity contribution in [1.29, 1.82) is 0 Å². The van der Waals surface area contributed by atoms with E-state index in [1.54, 1.807) is 0 Å². The first-order chi connectivity index (χ1) is 3.56. The Morgan fingerprint density at radius 3 is 1.44 bits per heavy atom. The predicted octanol–water partition coefficient (Wildman–Crippen LogP) is -0.300. The van der Waals surface area contributed by atoms with Gasteiger partial charge in [-0.2, -0.15) is 8.42 Å². The summed E-state index contributed by atoms with van der Waals surface area (Å²) in [5, 5.41) is 7.06. The van der Waals surface area contributed by atoms with E-state index in [1.165, 1.54) is 0 Å². The fourth-order valence-corrected chi connectivity index (χ4v) is 0. The molecule has 0 saturated carbocycles. The van der Waals surface area contributed by atoms with E-state index >= 15 is 0 Å². The smallest absolute Gasteiger partial charge is 0.262 e. The van der Waals surface area contributed by atoms with Gasteiger partial charge in [0.15, 0.2) is 0 Å². The number of hydrogen-bond acceptors (Lipinski definition) is 4. The molecule has 7 heteroatoms. The van der Waals surface area contributed by atoms with Crippen LogP contribution in [0.25, 0.3) is 0 Å². The molecule has 2 N–H and O–H groups in total. The largest absolute Gasteiger partial charge is 0.423 e. The molecule has 0 aliphatic carbocycles. The fourth-order valence-electron chi connectivity index (χ4n) is 0. The first kappa shape index (κ1) is 16.3. The Kier molecular flexibility index (Phi) is 15.5. The third-order valence-electron chi connectivity index (χ3n) is 0.0942. The molecule has 1 radical (unpaired) electrons. The molecule has 0 aromatic rings. The maximum atomic E-state index is 9.08. The zero-order valence-electron chi connectivity index (χ0n) is 4.94. The monoisotopic (exact) mass is 165 g/mol.